The lowest BCUT2D eigenvalue weighted by Gasteiger charge is -2.13. The first kappa shape index (κ1) is 24.0. The molecular weight excluding hydrogens is 505 g/mol. The Kier molecular flexibility index (Phi) is 6.43. The Bertz CT molecular complexity index is 1370. The number of alkyl halides is 3. The first-order valence-electron chi connectivity index (χ1n) is 10.8. The molecular formula is C23H20ClF3N4O3S. The van der Waals surface area contributed by atoms with Crippen LogP contribution in [0.2, 0.25) is 5.02 Å². The van der Waals surface area contributed by atoms with Crippen LogP contribution < -0.4 is 10.1 Å². The van der Waals surface area contributed by atoms with Crippen LogP contribution in [0.5, 0.6) is 5.75 Å². The summed E-state index contributed by atoms with van der Waals surface area (Å²) in [4.78, 5) is 13.7. The quantitative estimate of drug-likeness (QED) is 0.317. The third-order valence-corrected chi connectivity index (χ3v) is 7.13. The van der Waals surface area contributed by atoms with Gasteiger partial charge < -0.3 is 19.6 Å². The van der Waals surface area contributed by atoms with Gasteiger partial charge in [0.1, 0.15) is 12.1 Å². The number of benzene rings is 1. The van der Waals surface area contributed by atoms with Crippen molar-refractivity contribution in [2.75, 3.05) is 6.54 Å². The second kappa shape index (κ2) is 9.38. The van der Waals surface area contributed by atoms with Gasteiger partial charge in [-0.2, -0.15) is 13.2 Å². The van der Waals surface area contributed by atoms with E-state index in [1.165, 1.54) is 24.1 Å². The minimum Gasteiger partial charge on any atom is -0.481 e. The van der Waals surface area contributed by atoms with Gasteiger partial charge in [-0.05, 0) is 24.6 Å². The molecule has 5 rings (SSSR count). The summed E-state index contributed by atoms with van der Waals surface area (Å²) in [6.07, 6.45) is -1.87. The summed E-state index contributed by atoms with van der Waals surface area (Å²) in [6.45, 7) is 0.652. The number of aliphatic hydroxyl groups is 1. The number of nitrogens with zero attached hydrogens (tertiary/aromatic N) is 3. The Balaban J connectivity index is 1.48. The van der Waals surface area contributed by atoms with Crippen LogP contribution in [0.15, 0.2) is 35.3 Å². The van der Waals surface area contributed by atoms with Gasteiger partial charge in [0.15, 0.2) is 18.3 Å². The van der Waals surface area contributed by atoms with Crippen molar-refractivity contribution in [3.05, 3.63) is 57.8 Å². The zero-order valence-corrected chi connectivity index (χ0v) is 20.0. The Morgan fingerprint density at radius 3 is 2.86 bits per heavy atom. The zero-order chi connectivity index (χ0) is 24.7. The fraction of sp³-hybridized carbons (Fsp3) is 0.348. The normalized spacial score (nSPS) is 16.5. The largest absolute Gasteiger partial charge is 0.481 e. The van der Waals surface area contributed by atoms with E-state index in [4.69, 9.17) is 20.8 Å². The van der Waals surface area contributed by atoms with Crippen molar-refractivity contribution in [3.8, 4) is 17.0 Å². The van der Waals surface area contributed by atoms with Gasteiger partial charge in [0, 0.05) is 34.0 Å². The average Bonchev–Trinajstić information content (AvgIpc) is 3.54. The Labute approximate surface area is 206 Å². The van der Waals surface area contributed by atoms with Crippen molar-refractivity contribution in [3.63, 3.8) is 0 Å². The topological polar surface area (TPSA) is 93.3 Å². The van der Waals surface area contributed by atoms with Gasteiger partial charge in [0.25, 0.3) is 0 Å². The molecule has 4 heterocycles. The molecule has 0 radical (unpaired) electrons. The van der Waals surface area contributed by atoms with Crippen molar-refractivity contribution in [1.82, 2.24) is 20.3 Å². The molecule has 0 bridgehead atoms. The third kappa shape index (κ3) is 4.86. The summed E-state index contributed by atoms with van der Waals surface area (Å²) >= 11 is 7.85. The fourth-order valence-corrected chi connectivity index (χ4v) is 5.50. The molecule has 0 saturated heterocycles. The molecule has 4 aromatic rings. The van der Waals surface area contributed by atoms with Gasteiger partial charge in [0.2, 0.25) is 0 Å². The number of nitrogens with one attached hydrogen (secondary N) is 1. The van der Waals surface area contributed by atoms with Crippen LogP contribution in [0.1, 0.15) is 47.4 Å². The van der Waals surface area contributed by atoms with E-state index in [0.29, 0.717) is 51.8 Å². The van der Waals surface area contributed by atoms with Crippen molar-refractivity contribution in [2.45, 2.75) is 44.7 Å². The van der Waals surface area contributed by atoms with Crippen LogP contribution >= 0.6 is 22.9 Å². The molecule has 0 fully saturated rings. The number of aromatic nitrogens is 3. The average molecular weight is 525 g/mol. The lowest BCUT2D eigenvalue weighted by molar-refractivity contribution is -0.125. The molecule has 1 aliphatic heterocycles. The Morgan fingerprint density at radius 1 is 1.26 bits per heavy atom. The van der Waals surface area contributed by atoms with Crippen molar-refractivity contribution >= 4 is 33.2 Å². The molecule has 1 aromatic carbocycles. The predicted octanol–water partition coefficient (Wildman–Crippen LogP) is 5.77. The molecule has 2 atom stereocenters. The highest BCUT2D eigenvalue weighted by atomic mass is 35.5. The molecule has 7 nitrogen and oxygen atoms in total. The molecule has 3 aromatic heterocycles. The fourth-order valence-electron chi connectivity index (χ4n) is 4.07. The standard InChI is InChI=1S/C23H20ClF3N4O3S/c1-2-16(32)18-6-14-22(35-18)19(30-9-29-14)13-5-12(24)3-11-4-17(34-20(11)13)21-15(31-10-33-21)7-28-8-23(25,26)27/h3,5-6,9-10,16-17,28,32H,2,4,7-8H2,1H3/t16?,17-/m1/s1. The van der Waals surface area contributed by atoms with Crippen LogP contribution in [0.3, 0.4) is 0 Å². The lowest BCUT2D eigenvalue weighted by atomic mass is 10.0. The number of hydrogen-bond donors (Lipinski definition) is 2. The number of aliphatic hydroxyl groups excluding tert-OH is 1. The lowest BCUT2D eigenvalue weighted by Crippen LogP contribution is -2.28. The Morgan fingerprint density at radius 2 is 2.09 bits per heavy atom. The van der Waals surface area contributed by atoms with Gasteiger partial charge in [-0.25, -0.2) is 15.0 Å². The van der Waals surface area contributed by atoms with Crippen molar-refractivity contribution in [1.29, 1.82) is 0 Å². The molecule has 0 saturated carbocycles. The van der Waals surface area contributed by atoms with Crippen molar-refractivity contribution < 1.29 is 27.4 Å². The summed E-state index contributed by atoms with van der Waals surface area (Å²) in [6, 6.07) is 5.40. The van der Waals surface area contributed by atoms with Gasteiger partial charge in [-0.3, -0.25) is 0 Å². The maximum atomic E-state index is 12.5. The van der Waals surface area contributed by atoms with Crippen LogP contribution in [-0.2, 0) is 13.0 Å². The summed E-state index contributed by atoms with van der Waals surface area (Å²) in [7, 11) is 0. The van der Waals surface area contributed by atoms with Crippen LogP contribution in [-0.4, -0.2) is 32.8 Å². The maximum absolute atomic E-state index is 12.5. The second-order valence-electron chi connectivity index (χ2n) is 8.14. The van der Waals surface area contributed by atoms with E-state index < -0.39 is 24.9 Å². The number of ether oxygens (including phenoxy) is 1. The minimum absolute atomic E-state index is 0.112. The maximum Gasteiger partial charge on any atom is 0.401 e. The number of thiophene rings is 1. The van der Waals surface area contributed by atoms with Gasteiger partial charge in [-0.1, -0.05) is 18.5 Å². The highest BCUT2D eigenvalue weighted by molar-refractivity contribution is 7.19. The molecule has 1 unspecified atom stereocenters. The van der Waals surface area contributed by atoms with E-state index >= 15 is 0 Å². The highest BCUT2D eigenvalue weighted by Crippen LogP contribution is 2.47. The molecule has 184 valence electrons. The first-order valence-corrected chi connectivity index (χ1v) is 12.0. The van der Waals surface area contributed by atoms with Crippen LogP contribution in [0.25, 0.3) is 21.5 Å². The first-order chi connectivity index (χ1) is 16.7. The van der Waals surface area contributed by atoms with E-state index in [2.05, 4.69) is 20.3 Å². The molecule has 0 aliphatic carbocycles. The van der Waals surface area contributed by atoms with E-state index in [9.17, 15) is 18.3 Å². The second-order valence-corrected chi connectivity index (χ2v) is 9.66. The van der Waals surface area contributed by atoms with Gasteiger partial charge >= 0.3 is 6.18 Å². The number of halogens is 4. The summed E-state index contributed by atoms with van der Waals surface area (Å²) < 4.78 is 50.1. The number of hydrogen-bond acceptors (Lipinski definition) is 8. The van der Waals surface area contributed by atoms with E-state index in [-0.39, 0.29) is 6.54 Å². The van der Waals surface area contributed by atoms with E-state index in [0.717, 1.165) is 15.1 Å². The number of fused-ring (bicyclic) bond motifs is 2. The molecule has 0 spiro atoms. The molecule has 0 amide bonds. The SMILES string of the molecule is CCC(O)c1cc2ncnc(-c3cc(Cl)cc4c3O[C@@H](c3ocnc3CNCC(F)(F)F)C4)c2s1. The van der Waals surface area contributed by atoms with Crippen LogP contribution in [0, 0.1) is 0 Å². The number of oxazole rings is 1. The van der Waals surface area contributed by atoms with Gasteiger partial charge in [-0.15, -0.1) is 11.3 Å². The van der Waals surface area contributed by atoms with Gasteiger partial charge in [0.05, 0.1) is 34.3 Å². The highest BCUT2D eigenvalue weighted by Gasteiger charge is 2.33. The van der Waals surface area contributed by atoms with E-state index in [1.54, 1.807) is 12.1 Å². The number of rotatable bonds is 7. The van der Waals surface area contributed by atoms with Crippen LogP contribution in [0.4, 0.5) is 13.2 Å². The third-order valence-electron chi connectivity index (χ3n) is 5.68. The van der Waals surface area contributed by atoms with Crippen molar-refractivity contribution in [2.24, 2.45) is 0 Å². The zero-order valence-electron chi connectivity index (χ0n) is 18.4. The smallest absolute Gasteiger partial charge is 0.401 e. The molecule has 35 heavy (non-hydrogen) atoms. The molecule has 2 N–H and O–H groups in total. The predicted molar refractivity (Wildman–Crippen MR) is 124 cm³/mol. The molecule has 1 aliphatic rings. The monoisotopic (exact) mass is 524 g/mol. The van der Waals surface area contributed by atoms with E-state index in [1.807, 2.05) is 13.0 Å². The Hall–Kier alpha value is -2.73. The summed E-state index contributed by atoms with van der Waals surface area (Å²) in [5.74, 6) is 0.922. The summed E-state index contributed by atoms with van der Waals surface area (Å²) in [5.41, 5.74) is 3.16. The molecule has 12 heteroatoms. The summed E-state index contributed by atoms with van der Waals surface area (Å²) in [5, 5.41) is 13.1. The minimum atomic E-state index is -4.33.